The minimum Gasteiger partial charge on any atom is -0.373 e. The smallest absolute Gasteiger partial charge is 0.292 e. The van der Waals surface area contributed by atoms with Crippen molar-refractivity contribution in [2.24, 2.45) is 0 Å². The summed E-state index contributed by atoms with van der Waals surface area (Å²) in [4.78, 5) is 10.4. The van der Waals surface area contributed by atoms with E-state index in [1.54, 1.807) is 12.1 Å². The molecule has 110 valence electrons. The van der Waals surface area contributed by atoms with Crippen LogP contribution in [0, 0.1) is 21.7 Å². The first-order valence-corrected chi connectivity index (χ1v) is 6.47. The highest BCUT2D eigenvalue weighted by Crippen LogP contribution is 2.30. The molecule has 1 atom stereocenters. The summed E-state index contributed by atoms with van der Waals surface area (Å²) >= 11 is 0. The van der Waals surface area contributed by atoms with Crippen LogP contribution >= 0.6 is 0 Å². The van der Waals surface area contributed by atoms with Crippen LogP contribution in [-0.2, 0) is 0 Å². The number of nitrogens with zero attached hydrogens (tertiary/aromatic N) is 1. The molecule has 0 spiro atoms. The molecule has 6 heteroatoms. The molecule has 2 rings (SSSR count). The van der Waals surface area contributed by atoms with Crippen LogP contribution in [0.25, 0.3) is 0 Å². The summed E-state index contributed by atoms with van der Waals surface area (Å²) in [5.41, 5.74) is 0.512. The highest BCUT2D eigenvalue weighted by atomic mass is 19.1. The Kier molecular flexibility index (Phi) is 4.47. The second kappa shape index (κ2) is 6.30. The van der Waals surface area contributed by atoms with Crippen LogP contribution in [0.1, 0.15) is 24.9 Å². The highest BCUT2D eigenvalue weighted by molar-refractivity contribution is 5.62. The number of nitrogens with one attached hydrogen (secondary N) is 1. The van der Waals surface area contributed by atoms with Crippen LogP contribution in [0.15, 0.2) is 42.5 Å². The Hall–Kier alpha value is -2.50. The molecule has 2 aromatic rings. The van der Waals surface area contributed by atoms with E-state index < -0.39 is 10.7 Å². The van der Waals surface area contributed by atoms with Gasteiger partial charge in [-0.1, -0.05) is 19.1 Å². The third-order valence-corrected chi connectivity index (χ3v) is 3.14. The summed E-state index contributed by atoms with van der Waals surface area (Å²) in [5.74, 6) is -0.960. The predicted molar refractivity (Wildman–Crippen MR) is 76.1 cm³/mol. The van der Waals surface area contributed by atoms with Crippen LogP contribution < -0.4 is 5.32 Å². The average Bonchev–Trinajstić information content (AvgIpc) is 2.44. The zero-order valence-electron chi connectivity index (χ0n) is 11.3. The fraction of sp³-hybridized carbons (Fsp3) is 0.200. The zero-order valence-corrected chi connectivity index (χ0v) is 11.3. The number of halogens is 2. The van der Waals surface area contributed by atoms with Crippen molar-refractivity contribution in [2.75, 3.05) is 5.32 Å². The summed E-state index contributed by atoms with van der Waals surface area (Å²) in [6, 6.07) is 8.82. The molecular formula is C15H14F2N2O2. The van der Waals surface area contributed by atoms with Crippen molar-refractivity contribution in [3.63, 3.8) is 0 Å². The minimum atomic E-state index is -0.583. The Morgan fingerprint density at radius 1 is 1.19 bits per heavy atom. The summed E-state index contributed by atoms with van der Waals surface area (Å²) in [6.07, 6.45) is 0.567. The van der Waals surface area contributed by atoms with Gasteiger partial charge in [-0.05, 0) is 30.2 Å². The summed E-state index contributed by atoms with van der Waals surface area (Å²) in [5, 5.41) is 13.9. The molecule has 1 unspecified atom stereocenters. The Morgan fingerprint density at radius 3 is 2.52 bits per heavy atom. The fourth-order valence-corrected chi connectivity index (χ4v) is 2.12. The van der Waals surface area contributed by atoms with E-state index in [0.717, 1.165) is 18.2 Å². The molecule has 0 aliphatic heterocycles. The van der Waals surface area contributed by atoms with Crippen LogP contribution in [-0.4, -0.2) is 4.92 Å². The monoisotopic (exact) mass is 292 g/mol. The van der Waals surface area contributed by atoms with E-state index in [1.807, 2.05) is 6.92 Å². The van der Waals surface area contributed by atoms with Crippen molar-refractivity contribution in [2.45, 2.75) is 19.4 Å². The number of rotatable bonds is 5. The van der Waals surface area contributed by atoms with Gasteiger partial charge in [-0.2, -0.15) is 0 Å². The Bertz CT molecular complexity index is 662. The molecule has 0 saturated heterocycles. The van der Waals surface area contributed by atoms with Crippen molar-refractivity contribution < 1.29 is 13.7 Å². The van der Waals surface area contributed by atoms with E-state index in [9.17, 15) is 18.9 Å². The number of hydrogen-bond donors (Lipinski definition) is 1. The van der Waals surface area contributed by atoms with Gasteiger partial charge >= 0.3 is 0 Å². The van der Waals surface area contributed by atoms with Crippen LogP contribution in [0.2, 0.25) is 0 Å². The van der Waals surface area contributed by atoms with Gasteiger partial charge in [0.1, 0.15) is 17.3 Å². The summed E-state index contributed by atoms with van der Waals surface area (Å²) in [7, 11) is 0. The van der Waals surface area contributed by atoms with Crippen LogP contribution in [0.4, 0.5) is 20.2 Å². The first-order valence-electron chi connectivity index (χ1n) is 6.47. The van der Waals surface area contributed by atoms with Gasteiger partial charge in [-0.3, -0.25) is 10.1 Å². The van der Waals surface area contributed by atoms with Crippen LogP contribution in [0.5, 0.6) is 0 Å². The summed E-state index contributed by atoms with van der Waals surface area (Å²) in [6.45, 7) is 1.85. The first kappa shape index (κ1) is 14.9. The van der Waals surface area contributed by atoms with Gasteiger partial charge in [0.2, 0.25) is 0 Å². The van der Waals surface area contributed by atoms with Gasteiger partial charge in [0, 0.05) is 12.1 Å². The molecule has 21 heavy (non-hydrogen) atoms. The molecule has 4 nitrogen and oxygen atoms in total. The second-order valence-electron chi connectivity index (χ2n) is 4.58. The number of benzene rings is 2. The normalized spacial score (nSPS) is 12.0. The molecule has 0 aliphatic rings. The Balaban J connectivity index is 2.34. The van der Waals surface area contributed by atoms with Crippen LogP contribution in [0.3, 0.4) is 0 Å². The van der Waals surface area contributed by atoms with Crippen molar-refractivity contribution in [3.05, 3.63) is 69.8 Å². The number of anilines is 1. The fourth-order valence-electron chi connectivity index (χ4n) is 2.12. The third-order valence-electron chi connectivity index (χ3n) is 3.14. The Labute approximate surface area is 120 Å². The lowest BCUT2D eigenvalue weighted by Crippen LogP contribution is -2.11. The number of nitro groups is 1. The molecule has 0 heterocycles. The number of nitro benzene ring substituents is 1. The maximum Gasteiger partial charge on any atom is 0.292 e. The molecule has 2 aromatic carbocycles. The lowest BCUT2D eigenvalue weighted by Gasteiger charge is -2.18. The Morgan fingerprint density at radius 2 is 1.90 bits per heavy atom. The van der Waals surface area contributed by atoms with Gasteiger partial charge < -0.3 is 5.32 Å². The maximum atomic E-state index is 13.3. The van der Waals surface area contributed by atoms with Gasteiger partial charge in [0.05, 0.1) is 11.0 Å². The van der Waals surface area contributed by atoms with Crippen molar-refractivity contribution >= 4 is 11.4 Å². The third kappa shape index (κ3) is 3.53. The quantitative estimate of drug-likeness (QED) is 0.655. The van der Waals surface area contributed by atoms with E-state index in [1.165, 1.54) is 12.1 Å². The van der Waals surface area contributed by atoms with E-state index in [0.29, 0.717) is 12.0 Å². The molecule has 0 aromatic heterocycles. The zero-order chi connectivity index (χ0) is 15.4. The topological polar surface area (TPSA) is 55.2 Å². The molecule has 0 radical (unpaired) electrons. The van der Waals surface area contributed by atoms with Gasteiger partial charge in [-0.25, -0.2) is 8.78 Å². The van der Waals surface area contributed by atoms with Gasteiger partial charge in [0.15, 0.2) is 0 Å². The van der Waals surface area contributed by atoms with E-state index in [-0.39, 0.29) is 23.2 Å². The lowest BCUT2D eigenvalue weighted by atomic mass is 10.0. The second-order valence-corrected chi connectivity index (χ2v) is 4.58. The SMILES string of the molecule is CCC(Nc1cc(F)ccc1[N+](=O)[O-])c1cccc(F)c1. The molecular weight excluding hydrogens is 278 g/mol. The lowest BCUT2D eigenvalue weighted by molar-refractivity contribution is -0.384. The molecule has 0 saturated carbocycles. The van der Waals surface area contributed by atoms with E-state index in [4.69, 9.17) is 0 Å². The minimum absolute atomic E-state index is 0.0797. The van der Waals surface area contributed by atoms with Crippen molar-refractivity contribution in [1.82, 2.24) is 0 Å². The number of hydrogen-bond acceptors (Lipinski definition) is 3. The standard InChI is InChI=1S/C15H14F2N2O2/c1-2-13(10-4-3-5-11(16)8-10)18-14-9-12(17)6-7-15(14)19(20)21/h3-9,13,18H,2H2,1H3. The maximum absolute atomic E-state index is 13.3. The molecule has 0 fully saturated rings. The van der Waals surface area contributed by atoms with E-state index in [2.05, 4.69) is 5.32 Å². The van der Waals surface area contributed by atoms with Gasteiger partial charge in [0.25, 0.3) is 5.69 Å². The molecule has 1 N–H and O–H groups in total. The van der Waals surface area contributed by atoms with Crippen molar-refractivity contribution in [1.29, 1.82) is 0 Å². The van der Waals surface area contributed by atoms with Crippen molar-refractivity contribution in [3.8, 4) is 0 Å². The predicted octanol–water partition coefficient (Wildman–Crippen LogP) is 4.44. The molecule has 0 amide bonds. The highest BCUT2D eigenvalue weighted by Gasteiger charge is 2.18. The molecule has 0 aliphatic carbocycles. The van der Waals surface area contributed by atoms with E-state index >= 15 is 0 Å². The summed E-state index contributed by atoms with van der Waals surface area (Å²) < 4.78 is 26.6. The first-order chi connectivity index (χ1) is 10.0. The largest absolute Gasteiger partial charge is 0.373 e. The molecule has 0 bridgehead atoms. The van der Waals surface area contributed by atoms with Gasteiger partial charge in [-0.15, -0.1) is 0 Å². The average molecular weight is 292 g/mol.